The van der Waals surface area contributed by atoms with Crippen LogP contribution < -0.4 is 4.31 Å². The molecule has 0 spiro atoms. The standard InChI is InChI=1S/C18H19BrFNO2SSi/c1-14-5-8-16(9-6-14)24(22,23)21(11-12-25(2,3)4)18-10-7-15(20)13-17(18)19/h5-10,13H,1-4H3. The van der Waals surface area contributed by atoms with Crippen molar-refractivity contribution in [3.63, 3.8) is 0 Å². The molecule has 0 aliphatic heterocycles. The van der Waals surface area contributed by atoms with Gasteiger partial charge in [-0.2, -0.15) is 4.31 Å². The number of halogens is 2. The second kappa shape index (κ2) is 7.32. The molecule has 132 valence electrons. The summed E-state index contributed by atoms with van der Waals surface area (Å²) in [7, 11) is -5.73. The SMILES string of the molecule is Cc1ccc(S(=O)(=O)N(C#C[Si](C)(C)C)c2ccc(F)cc2Br)cc1. The highest BCUT2D eigenvalue weighted by molar-refractivity contribution is 9.10. The summed E-state index contributed by atoms with van der Waals surface area (Å²) in [5.41, 5.74) is 4.32. The molecule has 0 aliphatic rings. The van der Waals surface area contributed by atoms with E-state index >= 15 is 0 Å². The molecule has 0 amide bonds. The molecule has 0 saturated carbocycles. The Hall–Kier alpha value is -1.62. The van der Waals surface area contributed by atoms with E-state index in [1.807, 2.05) is 26.6 Å². The lowest BCUT2D eigenvalue weighted by Crippen LogP contribution is -2.28. The molecule has 0 atom stereocenters. The third kappa shape index (κ3) is 4.94. The Labute approximate surface area is 158 Å². The molecule has 25 heavy (non-hydrogen) atoms. The van der Waals surface area contributed by atoms with E-state index in [-0.39, 0.29) is 10.6 Å². The van der Waals surface area contributed by atoms with Crippen LogP contribution in [0.25, 0.3) is 0 Å². The topological polar surface area (TPSA) is 37.4 Å². The Morgan fingerprint density at radius 2 is 1.68 bits per heavy atom. The lowest BCUT2D eigenvalue weighted by Gasteiger charge is -2.20. The number of sulfonamides is 1. The predicted molar refractivity (Wildman–Crippen MR) is 106 cm³/mol. The van der Waals surface area contributed by atoms with E-state index in [1.54, 1.807) is 24.3 Å². The van der Waals surface area contributed by atoms with Crippen LogP contribution in [0.4, 0.5) is 10.1 Å². The summed E-state index contributed by atoms with van der Waals surface area (Å²) >= 11 is 3.24. The zero-order valence-electron chi connectivity index (χ0n) is 14.5. The van der Waals surface area contributed by atoms with E-state index in [0.717, 1.165) is 9.87 Å². The lowest BCUT2D eigenvalue weighted by atomic mass is 10.2. The molecule has 0 N–H and O–H groups in total. The molecule has 0 radical (unpaired) electrons. The van der Waals surface area contributed by atoms with E-state index in [1.165, 1.54) is 18.2 Å². The van der Waals surface area contributed by atoms with Crippen LogP contribution in [-0.2, 0) is 10.0 Å². The molecule has 0 bridgehead atoms. The number of rotatable bonds is 3. The summed E-state index contributed by atoms with van der Waals surface area (Å²) in [6.45, 7) is 7.96. The fraction of sp³-hybridized carbons (Fsp3) is 0.222. The van der Waals surface area contributed by atoms with Gasteiger partial charge in [-0.15, -0.1) is 5.54 Å². The van der Waals surface area contributed by atoms with Gasteiger partial charge in [-0.05, 0) is 53.2 Å². The maximum Gasteiger partial charge on any atom is 0.275 e. The van der Waals surface area contributed by atoms with Gasteiger partial charge in [0.2, 0.25) is 0 Å². The number of hydrogen-bond acceptors (Lipinski definition) is 2. The molecule has 7 heteroatoms. The molecule has 0 heterocycles. The molecule has 0 fully saturated rings. The summed E-state index contributed by atoms with van der Waals surface area (Å²) in [5, 5.41) is 0. The van der Waals surface area contributed by atoms with E-state index in [9.17, 15) is 12.8 Å². The molecule has 3 nitrogen and oxygen atoms in total. The molecule has 0 aliphatic carbocycles. The average molecular weight is 440 g/mol. The molecule has 0 saturated heterocycles. The Morgan fingerprint density at radius 3 is 2.20 bits per heavy atom. The number of nitrogens with zero attached hydrogens (tertiary/aromatic N) is 1. The van der Waals surface area contributed by atoms with Gasteiger partial charge >= 0.3 is 0 Å². The Morgan fingerprint density at radius 1 is 1.08 bits per heavy atom. The van der Waals surface area contributed by atoms with E-state index in [2.05, 4.69) is 27.5 Å². The second-order valence-corrected chi connectivity index (χ2v) is 14.1. The Kier molecular flexibility index (Phi) is 5.77. The molecular weight excluding hydrogens is 421 g/mol. The van der Waals surface area contributed by atoms with Crippen molar-refractivity contribution < 1.29 is 12.8 Å². The van der Waals surface area contributed by atoms with Crippen molar-refractivity contribution in [2.45, 2.75) is 31.5 Å². The van der Waals surface area contributed by atoms with Gasteiger partial charge in [-0.25, -0.2) is 12.8 Å². The van der Waals surface area contributed by atoms with E-state index in [4.69, 9.17) is 0 Å². The molecule has 2 aromatic carbocycles. The minimum atomic E-state index is -3.90. The fourth-order valence-corrected chi connectivity index (χ4v) is 4.38. The average Bonchev–Trinajstić information content (AvgIpc) is 2.48. The number of hydrogen-bond donors (Lipinski definition) is 0. The first kappa shape index (κ1) is 19.7. The highest BCUT2D eigenvalue weighted by atomic mass is 79.9. The van der Waals surface area contributed by atoms with Crippen molar-refractivity contribution in [3.05, 3.63) is 58.3 Å². The third-order valence-electron chi connectivity index (χ3n) is 3.22. The maximum absolute atomic E-state index is 13.4. The zero-order valence-corrected chi connectivity index (χ0v) is 17.9. The van der Waals surface area contributed by atoms with Crippen molar-refractivity contribution in [1.82, 2.24) is 0 Å². The number of aryl methyl sites for hydroxylation is 1. The lowest BCUT2D eigenvalue weighted by molar-refractivity contribution is 0.596. The van der Waals surface area contributed by atoms with Crippen molar-refractivity contribution in [3.8, 4) is 11.6 Å². The summed E-state index contributed by atoms with van der Waals surface area (Å²) in [6, 6.07) is 13.2. The second-order valence-electron chi connectivity index (χ2n) is 6.67. The highest BCUT2D eigenvalue weighted by Crippen LogP contribution is 2.31. The van der Waals surface area contributed by atoms with Crippen LogP contribution in [0.15, 0.2) is 51.8 Å². The van der Waals surface area contributed by atoms with Crippen molar-refractivity contribution in [2.24, 2.45) is 0 Å². The zero-order chi connectivity index (χ0) is 18.8. The van der Waals surface area contributed by atoms with Crippen molar-refractivity contribution >= 4 is 39.7 Å². The molecule has 0 unspecified atom stereocenters. The van der Waals surface area contributed by atoms with Crippen LogP contribution >= 0.6 is 15.9 Å². The van der Waals surface area contributed by atoms with Gasteiger partial charge in [0, 0.05) is 10.5 Å². The van der Waals surface area contributed by atoms with Gasteiger partial charge in [0.15, 0.2) is 0 Å². The predicted octanol–water partition coefficient (Wildman–Crippen LogP) is 4.93. The van der Waals surface area contributed by atoms with Crippen LogP contribution in [0, 0.1) is 24.3 Å². The first-order valence-corrected chi connectivity index (χ1v) is 13.3. The summed E-state index contributed by atoms with van der Waals surface area (Å²) in [5.74, 6) is -0.457. The van der Waals surface area contributed by atoms with Crippen LogP contribution in [0.5, 0.6) is 0 Å². The van der Waals surface area contributed by atoms with Crippen LogP contribution in [0.3, 0.4) is 0 Å². The normalized spacial score (nSPS) is 11.6. The van der Waals surface area contributed by atoms with Crippen LogP contribution in [0.1, 0.15) is 5.56 Å². The van der Waals surface area contributed by atoms with Gasteiger partial charge in [0.05, 0.1) is 10.6 Å². The highest BCUT2D eigenvalue weighted by Gasteiger charge is 2.26. The minimum absolute atomic E-state index is 0.138. The van der Waals surface area contributed by atoms with Gasteiger partial charge < -0.3 is 0 Å². The molecule has 0 aromatic heterocycles. The molecule has 2 rings (SSSR count). The summed E-state index contributed by atoms with van der Waals surface area (Å²) < 4.78 is 41.0. The smallest absolute Gasteiger partial charge is 0.207 e. The van der Waals surface area contributed by atoms with Crippen LogP contribution in [-0.4, -0.2) is 16.5 Å². The first-order chi connectivity index (χ1) is 11.5. The third-order valence-corrected chi connectivity index (χ3v) is 6.35. The Balaban J connectivity index is 2.65. The van der Waals surface area contributed by atoms with Gasteiger partial charge in [0.25, 0.3) is 10.0 Å². The van der Waals surface area contributed by atoms with Crippen LogP contribution in [0.2, 0.25) is 19.6 Å². The first-order valence-electron chi connectivity index (χ1n) is 7.60. The summed E-state index contributed by atoms with van der Waals surface area (Å²) in [6.07, 6.45) is 0. The number of benzene rings is 2. The van der Waals surface area contributed by atoms with Crippen molar-refractivity contribution in [1.29, 1.82) is 0 Å². The molecule has 2 aromatic rings. The summed E-state index contributed by atoms with van der Waals surface area (Å²) in [4.78, 5) is 0.138. The quantitative estimate of drug-likeness (QED) is 0.386. The number of anilines is 1. The molecular formula is C18H19BrFNO2SSi. The fourth-order valence-electron chi connectivity index (χ4n) is 1.93. The van der Waals surface area contributed by atoms with Crippen molar-refractivity contribution in [2.75, 3.05) is 4.31 Å². The monoisotopic (exact) mass is 439 g/mol. The van der Waals surface area contributed by atoms with Gasteiger partial charge in [-0.3, -0.25) is 0 Å². The van der Waals surface area contributed by atoms with Gasteiger partial charge in [0.1, 0.15) is 13.9 Å². The minimum Gasteiger partial charge on any atom is -0.207 e. The van der Waals surface area contributed by atoms with Gasteiger partial charge in [-0.1, -0.05) is 37.3 Å². The Bertz CT molecular complexity index is 942. The largest absolute Gasteiger partial charge is 0.275 e. The van der Waals surface area contributed by atoms with E-state index < -0.39 is 23.9 Å². The maximum atomic E-state index is 13.4. The van der Waals surface area contributed by atoms with E-state index in [0.29, 0.717) is 4.47 Å².